The van der Waals surface area contributed by atoms with Crippen LogP contribution in [0.5, 0.6) is 11.5 Å². The molecule has 1 rings (SSSR count). The number of rotatable bonds is 5. The Morgan fingerprint density at radius 1 is 1.33 bits per heavy atom. The molecule has 15 heavy (non-hydrogen) atoms. The molecule has 0 fully saturated rings. The van der Waals surface area contributed by atoms with Crippen LogP contribution in [0.25, 0.3) is 0 Å². The second-order valence-corrected chi connectivity index (χ2v) is 3.19. The van der Waals surface area contributed by atoms with Gasteiger partial charge in [0.05, 0.1) is 13.7 Å². The van der Waals surface area contributed by atoms with Crippen molar-refractivity contribution in [2.75, 3.05) is 20.3 Å². The molecule has 0 saturated carbocycles. The van der Waals surface area contributed by atoms with E-state index < -0.39 is 0 Å². The van der Waals surface area contributed by atoms with E-state index in [9.17, 15) is 0 Å². The first-order valence-corrected chi connectivity index (χ1v) is 4.99. The Labute approximate surface area is 90.2 Å². The van der Waals surface area contributed by atoms with Crippen molar-refractivity contribution in [3.05, 3.63) is 23.8 Å². The van der Waals surface area contributed by atoms with Crippen molar-refractivity contribution in [1.82, 2.24) is 0 Å². The predicted octanol–water partition coefficient (Wildman–Crippen LogP) is 1.05. The second-order valence-electron chi connectivity index (χ2n) is 3.19. The number of hydrogen-bond donors (Lipinski definition) is 2. The third kappa shape index (κ3) is 2.84. The minimum atomic E-state index is -0.157. The lowest BCUT2D eigenvalue weighted by Gasteiger charge is -2.14. The van der Waals surface area contributed by atoms with E-state index in [1.54, 1.807) is 7.11 Å². The van der Waals surface area contributed by atoms with E-state index in [1.165, 1.54) is 0 Å². The van der Waals surface area contributed by atoms with Gasteiger partial charge in [-0.05, 0) is 24.6 Å². The summed E-state index contributed by atoms with van der Waals surface area (Å²) in [4.78, 5) is 0. The van der Waals surface area contributed by atoms with Gasteiger partial charge in [0.2, 0.25) is 0 Å². The zero-order chi connectivity index (χ0) is 11.3. The van der Waals surface area contributed by atoms with Crippen LogP contribution in [0.1, 0.15) is 18.5 Å². The molecule has 0 aromatic heterocycles. The fourth-order valence-electron chi connectivity index (χ4n) is 1.33. The first-order valence-electron chi connectivity index (χ1n) is 4.99. The molecular formula is C11H18N2O2. The largest absolute Gasteiger partial charge is 0.493 e. The number of hydrogen-bond acceptors (Lipinski definition) is 4. The van der Waals surface area contributed by atoms with E-state index in [2.05, 4.69) is 0 Å². The second kappa shape index (κ2) is 5.58. The highest BCUT2D eigenvalue weighted by atomic mass is 16.5. The predicted molar refractivity (Wildman–Crippen MR) is 60.1 cm³/mol. The number of ether oxygens (including phenoxy) is 2. The normalized spacial score (nSPS) is 12.3. The quantitative estimate of drug-likeness (QED) is 0.762. The van der Waals surface area contributed by atoms with E-state index >= 15 is 0 Å². The van der Waals surface area contributed by atoms with Gasteiger partial charge >= 0.3 is 0 Å². The molecule has 0 aliphatic rings. The summed E-state index contributed by atoms with van der Waals surface area (Å²) in [6, 6.07) is 5.46. The average molecular weight is 210 g/mol. The van der Waals surface area contributed by atoms with Crippen molar-refractivity contribution in [1.29, 1.82) is 0 Å². The molecule has 84 valence electrons. The fourth-order valence-corrected chi connectivity index (χ4v) is 1.33. The molecule has 0 amide bonds. The van der Waals surface area contributed by atoms with Crippen molar-refractivity contribution in [3.63, 3.8) is 0 Å². The minimum absolute atomic E-state index is 0.157. The van der Waals surface area contributed by atoms with Gasteiger partial charge in [0.1, 0.15) is 0 Å². The molecule has 0 unspecified atom stereocenters. The van der Waals surface area contributed by atoms with Crippen LogP contribution in [-0.2, 0) is 0 Å². The zero-order valence-electron chi connectivity index (χ0n) is 9.19. The van der Waals surface area contributed by atoms with Crippen LogP contribution in [-0.4, -0.2) is 20.3 Å². The summed E-state index contributed by atoms with van der Waals surface area (Å²) in [6.45, 7) is 2.94. The molecule has 1 aromatic carbocycles. The van der Waals surface area contributed by atoms with Gasteiger partial charge in [0.25, 0.3) is 0 Å². The molecule has 4 nitrogen and oxygen atoms in total. The van der Waals surface area contributed by atoms with Gasteiger partial charge in [-0.3, -0.25) is 0 Å². The molecule has 0 spiro atoms. The van der Waals surface area contributed by atoms with Gasteiger partial charge in [-0.15, -0.1) is 0 Å². The van der Waals surface area contributed by atoms with E-state index in [-0.39, 0.29) is 6.04 Å². The van der Waals surface area contributed by atoms with E-state index in [0.717, 1.165) is 5.56 Å². The maximum Gasteiger partial charge on any atom is 0.161 e. The summed E-state index contributed by atoms with van der Waals surface area (Å²) in [7, 11) is 1.61. The Morgan fingerprint density at radius 2 is 2.07 bits per heavy atom. The molecule has 0 heterocycles. The Balaban J connectivity index is 2.98. The Kier molecular flexibility index (Phi) is 4.39. The topological polar surface area (TPSA) is 70.5 Å². The smallest absolute Gasteiger partial charge is 0.161 e. The zero-order valence-corrected chi connectivity index (χ0v) is 9.19. The monoisotopic (exact) mass is 210 g/mol. The number of methoxy groups -OCH3 is 1. The number of nitrogens with two attached hydrogens (primary N) is 2. The highest BCUT2D eigenvalue weighted by molar-refractivity contribution is 5.43. The van der Waals surface area contributed by atoms with Gasteiger partial charge in [-0.1, -0.05) is 6.07 Å². The molecule has 0 aliphatic heterocycles. The Bertz CT molecular complexity index is 315. The summed E-state index contributed by atoms with van der Waals surface area (Å²) in [5.74, 6) is 1.42. The summed E-state index contributed by atoms with van der Waals surface area (Å²) in [5, 5.41) is 0. The van der Waals surface area contributed by atoms with Crippen LogP contribution in [0, 0.1) is 0 Å². The third-order valence-electron chi connectivity index (χ3n) is 2.17. The lowest BCUT2D eigenvalue weighted by Crippen LogP contribution is -2.20. The highest BCUT2D eigenvalue weighted by Crippen LogP contribution is 2.29. The first-order chi connectivity index (χ1) is 7.22. The van der Waals surface area contributed by atoms with Gasteiger partial charge in [0, 0.05) is 12.6 Å². The third-order valence-corrected chi connectivity index (χ3v) is 2.17. The van der Waals surface area contributed by atoms with Crippen LogP contribution in [0.2, 0.25) is 0 Å². The fraction of sp³-hybridized carbons (Fsp3) is 0.455. The van der Waals surface area contributed by atoms with Gasteiger partial charge < -0.3 is 20.9 Å². The standard InChI is InChI=1S/C11H18N2O2/c1-3-15-11-6-8(9(13)7-12)4-5-10(11)14-2/h4-6,9H,3,7,12-13H2,1-2H3/t9-/m1/s1. The Hall–Kier alpha value is -1.26. The average Bonchev–Trinajstić information content (AvgIpc) is 2.28. The van der Waals surface area contributed by atoms with E-state index in [4.69, 9.17) is 20.9 Å². The molecule has 1 aromatic rings. The van der Waals surface area contributed by atoms with Crippen molar-refractivity contribution in [2.24, 2.45) is 11.5 Å². The Morgan fingerprint density at radius 3 is 2.60 bits per heavy atom. The van der Waals surface area contributed by atoms with Crippen molar-refractivity contribution < 1.29 is 9.47 Å². The van der Waals surface area contributed by atoms with Crippen molar-refractivity contribution in [2.45, 2.75) is 13.0 Å². The summed E-state index contributed by atoms with van der Waals surface area (Å²) >= 11 is 0. The maximum atomic E-state index is 5.83. The SMILES string of the molecule is CCOc1cc([C@H](N)CN)ccc1OC. The molecular weight excluding hydrogens is 192 g/mol. The molecule has 0 aliphatic carbocycles. The molecule has 4 heteroatoms. The molecule has 0 saturated heterocycles. The molecule has 1 atom stereocenters. The van der Waals surface area contributed by atoms with Crippen LogP contribution in [0.15, 0.2) is 18.2 Å². The maximum absolute atomic E-state index is 5.83. The summed E-state index contributed by atoms with van der Waals surface area (Å²) in [5.41, 5.74) is 12.3. The summed E-state index contributed by atoms with van der Waals surface area (Å²) < 4.78 is 10.6. The van der Waals surface area contributed by atoms with Crippen LogP contribution in [0.3, 0.4) is 0 Å². The number of benzene rings is 1. The van der Waals surface area contributed by atoms with Crippen LogP contribution in [0.4, 0.5) is 0 Å². The molecule has 0 radical (unpaired) electrons. The first kappa shape index (κ1) is 11.8. The van der Waals surface area contributed by atoms with Crippen molar-refractivity contribution in [3.8, 4) is 11.5 Å². The summed E-state index contributed by atoms with van der Waals surface area (Å²) in [6.07, 6.45) is 0. The molecule has 0 bridgehead atoms. The lowest BCUT2D eigenvalue weighted by atomic mass is 10.1. The van der Waals surface area contributed by atoms with E-state index in [0.29, 0.717) is 24.7 Å². The minimum Gasteiger partial charge on any atom is -0.493 e. The van der Waals surface area contributed by atoms with Gasteiger partial charge in [-0.25, -0.2) is 0 Å². The van der Waals surface area contributed by atoms with Crippen LogP contribution < -0.4 is 20.9 Å². The van der Waals surface area contributed by atoms with Gasteiger partial charge in [-0.2, -0.15) is 0 Å². The lowest BCUT2D eigenvalue weighted by molar-refractivity contribution is 0.310. The van der Waals surface area contributed by atoms with Gasteiger partial charge in [0.15, 0.2) is 11.5 Å². The van der Waals surface area contributed by atoms with E-state index in [1.807, 2.05) is 25.1 Å². The highest BCUT2D eigenvalue weighted by Gasteiger charge is 2.09. The molecule has 4 N–H and O–H groups in total. The van der Waals surface area contributed by atoms with Crippen LogP contribution >= 0.6 is 0 Å². The van der Waals surface area contributed by atoms with Crippen molar-refractivity contribution >= 4 is 0 Å².